The zero-order valence-electron chi connectivity index (χ0n) is 14.7. The van der Waals surface area contributed by atoms with Crippen LogP contribution in [0, 0.1) is 12.8 Å². The predicted octanol–water partition coefficient (Wildman–Crippen LogP) is 1.11. The van der Waals surface area contributed by atoms with Gasteiger partial charge in [0.2, 0.25) is 5.91 Å². The summed E-state index contributed by atoms with van der Waals surface area (Å²) in [6, 6.07) is 7.61. The molecule has 0 saturated carbocycles. The van der Waals surface area contributed by atoms with E-state index in [9.17, 15) is 9.59 Å². The van der Waals surface area contributed by atoms with Crippen LogP contribution in [0.1, 0.15) is 12.7 Å². The lowest BCUT2D eigenvalue weighted by Gasteiger charge is -2.22. The van der Waals surface area contributed by atoms with Crippen LogP contribution in [0.4, 0.5) is 0 Å². The van der Waals surface area contributed by atoms with Crippen molar-refractivity contribution in [3.05, 3.63) is 40.4 Å². The molecule has 1 fully saturated rings. The normalized spacial score (nSPS) is 21.0. The minimum atomic E-state index is -0.150. The molecule has 2 heterocycles. The van der Waals surface area contributed by atoms with Crippen molar-refractivity contribution in [1.82, 2.24) is 19.4 Å². The van der Waals surface area contributed by atoms with Crippen LogP contribution in [0.15, 0.2) is 29.1 Å². The first-order chi connectivity index (χ1) is 11.4. The van der Waals surface area contributed by atoms with Gasteiger partial charge in [0.1, 0.15) is 12.4 Å². The Kier molecular flexibility index (Phi) is 4.41. The van der Waals surface area contributed by atoms with Crippen molar-refractivity contribution in [2.75, 3.05) is 27.2 Å². The van der Waals surface area contributed by atoms with Gasteiger partial charge in [-0.15, -0.1) is 0 Å². The van der Waals surface area contributed by atoms with Gasteiger partial charge < -0.3 is 9.80 Å². The van der Waals surface area contributed by atoms with E-state index in [-0.39, 0.29) is 18.0 Å². The van der Waals surface area contributed by atoms with Crippen molar-refractivity contribution in [1.29, 1.82) is 0 Å². The topological polar surface area (TPSA) is 58.4 Å². The second-order valence-electron chi connectivity index (χ2n) is 6.87. The summed E-state index contributed by atoms with van der Waals surface area (Å²) in [6.07, 6.45) is 0. The lowest BCUT2D eigenvalue weighted by molar-refractivity contribution is -0.131. The zero-order valence-corrected chi connectivity index (χ0v) is 14.7. The molecule has 0 spiro atoms. The minimum absolute atomic E-state index is 0.0199. The van der Waals surface area contributed by atoms with E-state index < -0.39 is 0 Å². The quantitative estimate of drug-likeness (QED) is 0.847. The average molecular weight is 328 g/mol. The first-order valence-corrected chi connectivity index (χ1v) is 8.29. The minimum Gasteiger partial charge on any atom is -0.339 e. The van der Waals surface area contributed by atoms with Crippen LogP contribution in [0.2, 0.25) is 0 Å². The fraction of sp³-hybridized carbons (Fsp3) is 0.500. The lowest BCUT2D eigenvalue weighted by atomic mass is 10.1. The molecule has 1 amide bonds. The molecular formula is C18H24N4O2. The molecule has 2 atom stereocenters. The Bertz CT molecular complexity index is 827. The molecule has 1 aromatic carbocycles. The third kappa shape index (κ3) is 2.94. The Morgan fingerprint density at radius 3 is 2.67 bits per heavy atom. The number of aryl methyl sites for hydroxylation is 1. The van der Waals surface area contributed by atoms with Crippen molar-refractivity contribution < 1.29 is 4.79 Å². The standard InChI is InChI=1S/C18H24N4O2/c1-12-9-21(10-16(12)20(3)4)17(23)11-22-13(2)19-15-8-6-5-7-14(15)18(22)24/h5-8,12,16H,9-11H2,1-4H3/t12-,16-/m1/s1. The van der Waals surface area contributed by atoms with Crippen LogP contribution in [-0.2, 0) is 11.3 Å². The summed E-state index contributed by atoms with van der Waals surface area (Å²) < 4.78 is 1.48. The molecule has 0 radical (unpaired) electrons. The molecule has 1 aliphatic rings. The maximum Gasteiger partial charge on any atom is 0.261 e. The molecule has 24 heavy (non-hydrogen) atoms. The maximum absolute atomic E-state index is 12.7. The van der Waals surface area contributed by atoms with Crippen LogP contribution in [0.25, 0.3) is 10.9 Å². The molecular weight excluding hydrogens is 304 g/mol. The van der Waals surface area contributed by atoms with E-state index in [1.807, 2.05) is 37.2 Å². The van der Waals surface area contributed by atoms with Gasteiger partial charge in [0, 0.05) is 19.1 Å². The maximum atomic E-state index is 12.7. The van der Waals surface area contributed by atoms with Gasteiger partial charge in [-0.3, -0.25) is 14.2 Å². The summed E-state index contributed by atoms with van der Waals surface area (Å²) in [7, 11) is 4.08. The third-order valence-corrected chi connectivity index (χ3v) is 4.93. The number of hydrogen-bond donors (Lipinski definition) is 0. The van der Waals surface area contributed by atoms with E-state index in [1.165, 1.54) is 4.57 Å². The number of aromatic nitrogens is 2. The summed E-state index contributed by atoms with van der Waals surface area (Å²) in [5, 5.41) is 0.553. The van der Waals surface area contributed by atoms with Crippen molar-refractivity contribution in [2.45, 2.75) is 26.4 Å². The number of hydrogen-bond acceptors (Lipinski definition) is 4. The number of benzene rings is 1. The van der Waals surface area contributed by atoms with E-state index in [4.69, 9.17) is 0 Å². The molecule has 2 aromatic rings. The smallest absolute Gasteiger partial charge is 0.261 e. The van der Waals surface area contributed by atoms with Crippen LogP contribution in [-0.4, -0.2) is 58.5 Å². The molecule has 0 unspecified atom stereocenters. The van der Waals surface area contributed by atoms with Gasteiger partial charge in [-0.2, -0.15) is 0 Å². The first kappa shape index (κ1) is 16.6. The van der Waals surface area contributed by atoms with E-state index >= 15 is 0 Å². The van der Waals surface area contributed by atoms with Gasteiger partial charge >= 0.3 is 0 Å². The molecule has 6 heteroatoms. The summed E-state index contributed by atoms with van der Waals surface area (Å²) in [4.78, 5) is 33.8. The third-order valence-electron chi connectivity index (χ3n) is 4.93. The molecule has 0 aliphatic carbocycles. The molecule has 3 rings (SSSR count). The molecule has 0 N–H and O–H groups in total. The molecule has 1 saturated heterocycles. The average Bonchev–Trinajstić information content (AvgIpc) is 2.93. The Balaban J connectivity index is 1.85. The lowest BCUT2D eigenvalue weighted by Crippen LogP contribution is -2.38. The van der Waals surface area contributed by atoms with Crippen molar-refractivity contribution in [3.8, 4) is 0 Å². The number of para-hydroxylation sites is 1. The van der Waals surface area contributed by atoms with Gasteiger partial charge in [-0.1, -0.05) is 19.1 Å². The Morgan fingerprint density at radius 1 is 1.29 bits per heavy atom. The van der Waals surface area contributed by atoms with E-state index in [2.05, 4.69) is 16.8 Å². The number of carbonyl (C=O) groups excluding carboxylic acids is 1. The number of amides is 1. The Hall–Kier alpha value is -2.21. The molecule has 128 valence electrons. The molecule has 0 bridgehead atoms. The van der Waals surface area contributed by atoms with E-state index in [0.717, 1.165) is 6.54 Å². The van der Waals surface area contributed by atoms with Gasteiger partial charge in [0.05, 0.1) is 10.9 Å². The van der Waals surface area contributed by atoms with Crippen LogP contribution >= 0.6 is 0 Å². The largest absolute Gasteiger partial charge is 0.339 e. The van der Waals surface area contributed by atoms with Gasteiger partial charge in [-0.05, 0) is 39.1 Å². The molecule has 1 aromatic heterocycles. The SMILES string of the molecule is Cc1nc2ccccc2c(=O)n1CC(=O)N1C[C@@H](C)[C@H](N(C)C)C1. The predicted molar refractivity (Wildman–Crippen MR) is 94.0 cm³/mol. The van der Waals surface area contributed by atoms with Crippen molar-refractivity contribution >= 4 is 16.8 Å². The summed E-state index contributed by atoms with van der Waals surface area (Å²) >= 11 is 0. The van der Waals surface area contributed by atoms with Crippen molar-refractivity contribution in [2.24, 2.45) is 5.92 Å². The highest BCUT2D eigenvalue weighted by Gasteiger charge is 2.33. The second-order valence-corrected chi connectivity index (χ2v) is 6.87. The Labute approximate surface area is 141 Å². The Morgan fingerprint density at radius 2 is 2.00 bits per heavy atom. The highest BCUT2D eigenvalue weighted by molar-refractivity contribution is 5.79. The second kappa shape index (κ2) is 6.36. The van der Waals surface area contributed by atoms with Crippen LogP contribution in [0.5, 0.6) is 0 Å². The highest BCUT2D eigenvalue weighted by Crippen LogP contribution is 2.20. The number of fused-ring (bicyclic) bond motifs is 1. The fourth-order valence-corrected chi connectivity index (χ4v) is 3.53. The summed E-state index contributed by atoms with van der Waals surface area (Å²) in [5.41, 5.74) is 0.522. The van der Waals surface area contributed by atoms with E-state index in [0.29, 0.717) is 35.2 Å². The van der Waals surface area contributed by atoms with Gasteiger partial charge in [0.25, 0.3) is 5.56 Å². The monoisotopic (exact) mass is 328 g/mol. The zero-order chi connectivity index (χ0) is 17.4. The highest BCUT2D eigenvalue weighted by atomic mass is 16.2. The van der Waals surface area contributed by atoms with Gasteiger partial charge in [0.15, 0.2) is 0 Å². The number of nitrogens with zero attached hydrogens (tertiary/aromatic N) is 4. The first-order valence-electron chi connectivity index (χ1n) is 8.29. The summed E-state index contributed by atoms with van der Waals surface area (Å²) in [6.45, 7) is 5.43. The van der Waals surface area contributed by atoms with Crippen LogP contribution in [0.3, 0.4) is 0 Å². The number of likely N-dealkylation sites (tertiary alicyclic amines) is 1. The molecule has 1 aliphatic heterocycles. The van der Waals surface area contributed by atoms with Crippen LogP contribution < -0.4 is 5.56 Å². The fourth-order valence-electron chi connectivity index (χ4n) is 3.53. The van der Waals surface area contributed by atoms with Crippen molar-refractivity contribution in [3.63, 3.8) is 0 Å². The number of carbonyl (C=O) groups is 1. The molecule has 6 nitrogen and oxygen atoms in total. The van der Waals surface area contributed by atoms with Gasteiger partial charge in [-0.25, -0.2) is 4.98 Å². The number of likely N-dealkylation sites (N-methyl/N-ethyl adjacent to an activating group) is 1. The summed E-state index contributed by atoms with van der Waals surface area (Å²) in [5.74, 6) is 0.980. The van der Waals surface area contributed by atoms with E-state index in [1.54, 1.807) is 13.0 Å². The number of rotatable bonds is 3.